The van der Waals surface area contributed by atoms with E-state index in [2.05, 4.69) is 206 Å². The monoisotopic (exact) mass is 1450 g/mol. The Balaban J connectivity index is -0.0000000182. The van der Waals surface area contributed by atoms with Crippen molar-refractivity contribution in [2.75, 3.05) is 62.4 Å². The molecule has 2 amide bonds. The van der Waals surface area contributed by atoms with E-state index in [0.717, 1.165) is 61.9 Å². The first-order valence-corrected chi connectivity index (χ1v) is 31.5. The van der Waals surface area contributed by atoms with Gasteiger partial charge in [0.1, 0.15) is 74.7 Å². The van der Waals surface area contributed by atoms with Crippen molar-refractivity contribution in [3.8, 4) is 0 Å². The molecule has 28 N–H and O–H groups in total. The molecule has 0 unspecified atom stereocenters. The Morgan fingerprint density at radius 1 is 0.364 bits per heavy atom. The number of rotatable bonds is 8. The minimum Gasteiger partial charge on any atom is -0.359 e. The quantitative estimate of drug-likeness (QED) is 0.117. The van der Waals surface area contributed by atoms with Crippen LogP contribution < -0.4 is 70.5 Å². The molecule has 26 nitrogen and oxygen atoms in total. The highest BCUT2D eigenvalue weighted by Gasteiger charge is 2.11. The summed E-state index contributed by atoms with van der Waals surface area (Å²) >= 11 is 0. The van der Waals surface area contributed by atoms with Gasteiger partial charge in [0.2, 0.25) is 11.8 Å². The number of piperidine rings is 1. The molecule has 26 heteroatoms. The van der Waals surface area contributed by atoms with Crippen LogP contribution in [-0.2, 0) is 75.2 Å². The topological polar surface area (TPSA) is 568 Å². The van der Waals surface area contributed by atoms with Crippen LogP contribution in [0.3, 0.4) is 0 Å². The van der Waals surface area contributed by atoms with E-state index >= 15 is 0 Å². The Labute approximate surface area is 615 Å². The van der Waals surface area contributed by atoms with Crippen LogP contribution in [0.2, 0.25) is 0 Å². The molecule has 0 spiro atoms. The van der Waals surface area contributed by atoms with Gasteiger partial charge in [-0.05, 0) is 122 Å². The van der Waals surface area contributed by atoms with Gasteiger partial charge in [-0.2, -0.15) is 0 Å². The number of benzene rings is 2. The number of hydrogen-bond acceptors (Lipinski definition) is 24. The lowest BCUT2D eigenvalue weighted by Gasteiger charge is -2.24. The molecule has 2 aromatic carbocycles. The molecule has 1 heterocycles. The van der Waals surface area contributed by atoms with Gasteiger partial charge >= 0.3 is 0 Å². The Bertz CT molecular complexity index is 1120. The third-order valence-corrected chi connectivity index (χ3v) is 8.33. The van der Waals surface area contributed by atoms with Crippen molar-refractivity contribution in [2.45, 2.75) is 230 Å². The number of nitrogens with zero attached hydrogens (tertiary/aromatic N) is 1. The largest absolute Gasteiger partial charge is 0.359 e. The van der Waals surface area contributed by atoms with E-state index in [1.807, 2.05) is 126 Å². The number of hydrogen-bond donors (Lipinski definition) is 12. The van der Waals surface area contributed by atoms with Crippen LogP contribution in [0.25, 0.3) is 0 Å². The van der Waals surface area contributed by atoms with E-state index in [1.165, 1.54) is 98.4 Å². The van der Waals surface area contributed by atoms with Crippen molar-refractivity contribution in [1.29, 1.82) is 0 Å². The maximum absolute atomic E-state index is 10.7. The first-order chi connectivity index (χ1) is 45.3. The fourth-order valence-corrected chi connectivity index (χ4v) is 2.99. The highest BCUT2D eigenvalue weighted by Crippen LogP contribution is 2.07. The highest BCUT2D eigenvalue weighted by molar-refractivity contribution is 5.75. The van der Waals surface area contributed by atoms with Crippen LogP contribution in [-0.4, -0.2) is 154 Å². The number of nitrogens with two attached hydrogens (primary N) is 6. The van der Waals surface area contributed by atoms with Crippen LogP contribution in [0, 0.1) is 29.6 Å². The number of aryl methyl sites for hydroxylation is 2. The van der Waals surface area contributed by atoms with Gasteiger partial charge in [0.05, 0.1) is 0 Å². The summed E-state index contributed by atoms with van der Waals surface area (Å²) in [5, 5.41) is 2.53. The average Bonchev–Trinajstić information content (AvgIpc) is 3.81. The maximum Gasteiger partial charge on any atom is 0.219 e. The van der Waals surface area contributed by atoms with E-state index in [-0.39, 0.29) is 42.6 Å². The fourth-order valence-electron chi connectivity index (χ4n) is 2.99. The number of nitrogens with one attached hydrogen (secondary N) is 1. The molecule has 1 fully saturated rings. The first-order valence-electron chi connectivity index (χ1n) is 31.5. The predicted octanol–water partition coefficient (Wildman–Crippen LogP) is 14.2. The van der Waals surface area contributed by atoms with E-state index < -0.39 is 0 Å². The zero-order valence-electron chi connectivity index (χ0n) is 70.9. The van der Waals surface area contributed by atoms with Gasteiger partial charge in [0.25, 0.3) is 0 Å². The number of carbonyl (C=O) groups excluding carboxylic acids is 13. The molecule has 1 saturated heterocycles. The van der Waals surface area contributed by atoms with Crippen molar-refractivity contribution in [2.24, 2.45) is 64.0 Å². The summed E-state index contributed by atoms with van der Waals surface area (Å²) in [5.74, 6) is 4.73. The second-order valence-electron chi connectivity index (χ2n) is 16.6. The zero-order valence-corrected chi connectivity index (χ0v) is 70.9. The SMILES string of the molecule is C=O.C=O.C=O.C=O.C=O.C=O.C=O.C=O.C=O.C=O.C=O.CC.CC.CC(=O)N1CCCCC1.CC(C)C.CCC(C)C.CCC(C)C.CCC(C)C.CCC(C)C.CCCC(=O)NC.CCc1ccccc1.CCc1ccccc1.CN.CN.CN.CN.CN.CN.N.N.N.N.N. The molecule has 99 heavy (non-hydrogen) atoms. The molecule has 0 bridgehead atoms. The minimum atomic E-state index is 0. The van der Waals surface area contributed by atoms with Gasteiger partial charge in [-0.25, -0.2) is 0 Å². The number of carbonyl (C=O) groups is 13. The van der Waals surface area contributed by atoms with Crippen molar-refractivity contribution in [1.82, 2.24) is 41.0 Å². The molecule has 616 valence electrons. The summed E-state index contributed by atoms with van der Waals surface area (Å²) in [5.41, 5.74) is 29.8. The second-order valence-corrected chi connectivity index (χ2v) is 16.6. The fraction of sp³-hybridized carbons (Fsp3) is 0.658. The lowest BCUT2D eigenvalue weighted by atomic mass is 10.1. The molecular weight excluding hydrogens is 1270 g/mol. The van der Waals surface area contributed by atoms with Gasteiger partial charge in [0.15, 0.2) is 0 Å². The third-order valence-electron chi connectivity index (χ3n) is 8.33. The van der Waals surface area contributed by atoms with Crippen molar-refractivity contribution >= 4 is 86.5 Å². The lowest BCUT2D eigenvalue weighted by Crippen LogP contribution is -2.33. The molecular formula is C73H181N13O13. The number of amides is 2. The minimum absolute atomic E-state index is 0. The molecule has 0 aromatic heterocycles. The van der Waals surface area contributed by atoms with E-state index in [9.17, 15) is 9.59 Å². The van der Waals surface area contributed by atoms with Gasteiger partial charge in [-0.15, -0.1) is 0 Å². The van der Waals surface area contributed by atoms with Crippen LogP contribution in [0.15, 0.2) is 60.7 Å². The summed E-state index contributed by atoms with van der Waals surface area (Å²) < 4.78 is 0. The number of likely N-dealkylation sites (tertiary alicyclic amines) is 1. The van der Waals surface area contributed by atoms with Crippen LogP contribution >= 0.6 is 0 Å². The summed E-state index contributed by atoms with van der Waals surface area (Å²) in [4.78, 5) is 111. The van der Waals surface area contributed by atoms with Crippen molar-refractivity contribution in [3.63, 3.8) is 0 Å². The Morgan fingerprint density at radius 2 is 0.515 bits per heavy atom. The van der Waals surface area contributed by atoms with Crippen LogP contribution in [0.1, 0.15) is 228 Å². The first kappa shape index (κ1) is 198. The standard InChI is InChI=1S/2C8H10.C7H13NO.C5H11NO.4C5H12.C4H10.2C2H6.6CH5N.11CH2O.5H3N/c2*1-2-8-6-4-3-5-7-8;1-7(9)8-5-3-2-4-6-8;1-3-4-5(7)6-2;4*1-4-5(2)3;1-4(2)3;19*1-2;;;;;/h2*3-7H,2H2,1H3;2-6H2,1H3;3-4H2,1-2H3,(H,6,7);4*5H,4H2,1-3H3;4H,1-3H3;2*1-2H3;6*2H2,1H3;11*1H2;5*1H3. The summed E-state index contributed by atoms with van der Waals surface area (Å²) in [6.45, 7) is 73.0. The van der Waals surface area contributed by atoms with Gasteiger partial charge in [0, 0.05) is 33.5 Å². The second kappa shape index (κ2) is 333. The van der Waals surface area contributed by atoms with Crippen LogP contribution in [0.4, 0.5) is 0 Å². The Hall–Kier alpha value is -6.69. The van der Waals surface area contributed by atoms with Crippen molar-refractivity contribution in [3.05, 3.63) is 71.8 Å². The van der Waals surface area contributed by atoms with Crippen LogP contribution in [0.5, 0.6) is 0 Å². The molecule has 3 rings (SSSR count). The molecule has 0 aliphatic carbocycles. The summed E-state index contributed by atoms with van der Waals surface area (Å²) in [6, 6.07) is 20.9. The molecule has 0 atom stereocenters. The molecule has 1 aliphatic rings. The smallest absolute Gasteiger partial charge is 0.219 e. The third kappa shape index (κ3) is 496. The molecule has 1 aliphatic heterocycles. The highest BCUT2D eigenvalue weighted by atomic mass is 16.2. The summed E-state index contributed by atoms with van der Waals surface area (Å²) in [7, 11) is 10.7. The Kier molecular flexibility index (Phi) is 666. The Morgan fingerprint density at radius 3 is 0.586 bits per heavy atom. The van der Waals surface area contributed by atoms with E-state index in [4.69, 9.17) is 52.7 Å². The average molecular weight is 1450 g/mol. The molecule has 2 aromatic rings. The van der Waals surface area contributed by atoms with E-state index in [0.29, 0.717) is 6.42 Å². The van der Waals surface area contributed by atoms with Gasteiger partial charge in [-0.3, -0.25) is 9.59 Å². The molecule has 0 radical (unpaired) electrons. The lowest BCUT2D eigenvalue weighted by molar-refractivity contribution is -0.129. The summed E-state index contributed by atoms with van der Waals surface area (Å²) in [6.07, 6.45) is 12.8. The zero-order chi connectivity index (χ0) is 82.7. The van der Waals surface area contributed by atoms with Crippen molar-refractivity contribution < 1.29 is 62.3 Å². The maximum atomic E-state index is 10.7. The van der Waals surface area contributed by atoms with E-state index in [1.54, 1.807) is 14.0 Å². The predicted molar refractivity (Wildman–Crippen MR) is 445 cm³/mol. The van der Waals surface area contributed by atoms with Gasteiger partial charge < -0.3 is 128 Å². The normalized spacial score (nSPS) is 7.10. The van der Waals surface area contributed by atoms with Gasteiger partial charge in [-0.1, -0.05) is 239 Å². The molecule has 0 saturated carbocycles.